The van der Waals surface area contributed by atoms with Crippen molar-refractivity contribution in [1.29, 1.82) is 0 Å². The fourth-order valence-corrected chi connectivity index (χ4v) is 1.84. The largest absolute Gasteiger partial charge is 0.417 e. The van der Waals surface area contributed by atoms with Crippen molar-refractivity contribution in [2.75, 3.05) is 13.6 Å². The third-order valence-corrected chi connectivity index (χ3v) is 3.02. The number of aryl methyl sites for hydroxylation is 1. The van der Waals surface area contributed by atoms with Crippen LogP contribution in [0, 0.1) is 6.92 Å². The highest BCUT2D eigenvalue weighted by atomic mass is 35.5. The SMILES string of the molecule is CCN(C)Cc1cc(C)cc(C(F)(F)F)c1Cl. The summed E-state index contributed by atoms with van der Waals surface area (Å²) in [6.07, 6.45) is -4.40. The van der Waals surface area contributed by atoms with Gasteiger partial charge in [-0.1, -0.05) is 30.2 Å². The summed E-state index contributed by atoms with van der Waals surface area (Å²) in [5, 5.41) is -0.191. The summed E-state index contributed by atoms with van der Waals surface area (Å²) in [4.78, 5) is 1.90. The molecular weight excluding hydrogens is 251 g/mol. The fraction of sp³-hybridized carbons (Fsp3) is 0.500. The van der Waals surface area contributed by atoms with Gasteiger partial charge < -0.3 is 4.90 Å². The van der Waals surface area contributed by atoms with Crippen molar-refractivity contribution in [3.05, 3.63) is 33.8 Å². The molecule has 0 aromatic heterocycles. The third-order valence-electron chi connectivity index (χ3n) is 2.58. The van der Waals surface area contributed by atoms with E-state index in [-0.39, 0.29) is 5.02 Å². The van der Waals surface area contributed by atoms with E-state index in [1.807, 2.05) is 18.9 Å². The predicted octanol–water partition coefficient (Wildman–Crippen LogP) is 4.12. The average Bonchev–Trinajstić information content (AvgIpc) is 2.21. The number of hydrogen-bond donors (Lipinski definition) is 0. The minimum Gasteiger partial charge on any atom is -0.302 e. The van der Waals surface area contributed by atoms with Gasteiger partial charge in [0.15, 0.2) is 0 Å². The Hall–Kier alpha value is -0.740. The van der Waals surface area contributed by atoms with Gasteiger partial charge in [0.25, 0.3) is 0 Å². The van der Waals surface area contributed by atoms with E-state index in [0.29, 0.717) is 17.7 Å². The highest BCUT2D eigenvalue weighted by Gasteiger charge is 2.34. The van der Waals surface area contributed by atoms with Gasteiger partial charge in [0.1, 0.15) is 0 Å². The highest BCUT2D eigenvalue weighted by Crippen LogP contribution is 2.37. The van der Waals surface area contributed by atoms with Gasteiger partial charge >= 0.3 is 6.18 Å². The summed E-state index contributed by atoms with van der Waals surface area (Å²) >= 11 is 5.82. The van der Waals surface area contributed by atoms with Crippen LogP contribution in [-0.4, -0.2) is 18.5 Å². The Kier molecular flexibility index (Phi) is 4.44. The summed E-state index contributed by atoms with van der Waals surface area (Å²) in [5.41, 5.74) is 0.336. The first-order valence-electron chi connectivity index (χ1n) is 5.30. The predicted molar refractivity (Wildman–Crippen MR) is 63.2 cm³/mol. The maximum Gasteiger partial charge on any atom is 0.417 e. The molecule has 0 saturated heterocycles. The maximum absolute atomic E-state index is 12.7. The normalized spacial score (nSPS) is 12.2. The second-order valence-corrected chi connectivity index (χ2v) is 4.49. The van der Waals surface area contributed by atoms with Gasteiger partial charge in [-0.2, -0.15) is 13.2 Å². The lowest BCUT2D eigenvalue weighted by molar-refractivity contribution is -0.137. The zero-order valence-corrected chi connectivity index (χ0v) is 10.8. The molecule has 1 aromatic carbocycles. The lowest BCUT2D eigenvalue weighted by Crippen LogP contribution is -2.18. The van der Waals surface area contributed by atoms with Crippen LogP contribution in [0.4, 0.5) is 13.2 Å². The Morgan fingerprint density at radius 3 is 2.35 bits per heavy atom. The molecule has 0 spiro atoms. The van der Waals surface area contributed by atoms with Crippen LogP contribution < -0.4 is 0 Å². The topological polar surface area (TPSA) is 3.24 Å². The van der Waals surface area contributed by atoms with Crippen molar-refractivity contribution >= 4 is 11.6 Å². The maximum atomic E-state index is 12.7. The van der Waals surface area contributed by atoms with Gasteiger partial charge in [-0.25, -0.2) is 0 Å². The Bertz CT molecular complexity index is 401. The first-order chi connectivity index (χ1) is 7.75. The van der Waals surface area contributed by atoms with Crippen molar-refractivity contribution in [2.24, 2.45) is 0 Å². The molecule has 0 N–H and O–H groups in total. The van der Waals surface area contributed by atoms with Gasteiger partial charge in [-0.15, -0.1) is 0 Å². The molecule has 0 aliphatic heterocycles. The molecular formula is C12H15ClF3N. The highest BCUT2D eigenvalue weighted by molar-refractivity contribution is 6.32. The molecule has 0 atom stereocenters. The van der Waals surface area contributed by atoms with E-state index >= 15 is 0 Å². The summed E-state index contributed by atoms with van der Waals surface area (Å²) in [5.74, 6) is 0. The van der Waals surface area contributed by atoms with Crippen molar-refractivity contribution < 1.29 is 13.2 Å². The average molecular weight is 266 g/mol. The Balaban J connectivity index is 3.19. The molecule has 0 heterocycles. The lowest BCUT2D eigenvalue weighted by atomic mass is 10.1. The number of benzene rings is 1. The van der Waals surface area contributed by atoms with Crippen molar-refractivity contribution in [1.82, 2.24) is 4.90 Å². The van der Waals surface area contributed by atoms with Gasteiger partial charge in [-0.05, 0) is 32.1 Å². The molecule has 0 unspecified atom stereocenters. The molecule has 5 heteroatoms. The minimum atomic E-state index is -4.40. The number of alkyl halides is 3. The zero-order chi connectivity index (χ0) is 13.2. The Labute approximate surface area is 104 Å². The summed E-state index contributed by atoms with van der Waals surface area (Å²) < 4.78 is 38.2. The molecule has 96 valence electrons. The summed E-state index contributed by atoms with van der Waals surface area (Å²) in [6, 6.07) is 2.78. The Morgan fingerprint density at radius 1 is 1.29 bits per heavy atom. The smallest absolute Gasteiger partial charge is 0.302 e. The second-order valence-electron chi connectivity index (χ2n) is 4.11. The summed E-state index contributed by atoms with van der Waals surface area (Å²) in [7, 11) is 1.84. The molecule has 0 radical (unpaired) electrons. The molecule has 0 amide bonds. The molecule has 0 saturated carbocycles. The van der Waals surface area contributed by atoms with E-state index in [9.17, 15) is 13.2 Å². The first-order valence-corrected chi connectivity index (χ1v) is 5.68. The fourth-order valence-electron chi connectivity index (χ4n) is 1.57. The van der Waals surface area contributed by atoms with E-state index in [0.717, 1.165) is 12.6 Å². The number of halogens is 4. The molecule has 0 bridgehead atoms. The van der Waals surface area contributed by atoms with E-state index in [1.54, 1.807) is 13.0 Å². The van der Waals surface area contributed by atoms with Gasteiger partial charge in [-0.3, -0.25) is 0 Å². The van der Waals surface area contributed by atoms with Crippen LogP contribution in [0.1, 0.15) is 23.6 Å². The van der Waals surface area contributed by atoms with Gasteiger partial charge in [0, 0.05) is 6.54 Å². The van der Waals surface area contributed by atoms with Crippen molar-refractivity contribution in [3.63, 3.8) is 0 Å². The monoisotopic (exact) mass is 265 g/mol. The number of nitrogens with zero attached hydrogens (tertiary/aromatic N) is 1. The molecule has 1 nitrogen and oxygen atoms in total. The van der Waals surface area contributed by atoms with Crippen LogP contribution in [0.3, 0.4) is 0 Å². The van der Waals surface area contributed by atoms with Gasteiger partial charge in [0.05, 0.1) is 10.6 Å². The number of rotatable bonds is 3. The second kappa shape index (κ2) is 5.27. The minimum absolute atomic E-state index is 0.191. The van der Waals surface area contributed by atoms with Crippen LogP contribution in [0.15, 0.2) is 12.1 Å². The first kappa shape index (κ1) is 14.3. The lowest BCUT2D eigenvalue weighted by Gasteiger charge is -2.18. The number of hydrogen-bond acceptors (Lipinski definition) is 1. The molecule has 1 rings (SSSR count). The molecule has 0 aliphatic carbocycles. The van der Waals surface area contributed by atoms with Gasteiger partial charge in [0.2, 0.25) is 0 Å². The van der Waals surface area contributed by atoms with Crippen LogP contribution >= 0.6 is 11.6 Å². The quantitative estimate of drug-likeness (QED) is 0.795. The van der Waals surface area contributed by atoms with Crippen LogP contribution in [0.2, 0.25) is 5.02 Å². The van der Waals surface area contributed by atoms with E-state index in [4.69, 9.17) is 11.6 Å². The Morgan fingerprint density at radius 2 is 1.88 bits per heavy atom. The van der Waals surface area contributed by atoms with Crippen LogP contribution in [0.25, 0.3) is 0 Å². The molecule has 1 aromatic rings. The third kappa shape index (κ3) is 3.61. The van der Waals surface area contributed by atoms with Crippen molar-refractivity contribution in [3.8, 4) is 0 Å². The molecule has 0 fully saturated rings. The standard InChI is InChI=1S/C12H15ClF3N/c1-4-17(3)7-9-5-8(2)6-10(11(9)13)12(14,15)16/h5-6H,4,7H2,1-3H3. The van der Waals surface area contributed by atoms with E-state index in [2.05, 4.69) is 0 Å². The molecule has 0 aliphatic rings. The van der Waals surface area contributed by atoms with Crippen molar-refractivity contribution in [2.45, 2.75) is 26.6 Å². The van der Waals surface area contributed by atoms with E-state index in [1.165, 1.54) is 0 Å². The van der Waals surface area contributed by atoms with Crippen LogP contribution in [-0.2, 0) is 12.7 Å². The van der Waals surface area contributed by atoms with Crippen LogP contribution in [0.5, 0.6) is 0 Å². The molecule has 17 heavy (non-hydrogen) atoms. The zero-order valence-electron chi connectivity index (χ0n) is 10.0. The van der Waals surface area contributed by atoms with E-state index < -0.39 is 11.7 Å². The summed E-state index contributed by atoms with van der Waals surface area (Å²) in [6.45, 7) is 4.75.